The van der Waals surface area contributed by atoms with E-state index in [9.17, 15) is 18.3 Å². The molecule has 1 aromatic rings. The zero-order chi connectivity index (χ0) is 20.0. The van der Waals surface area contributed by atoms with Gasteiger partial charge >= 0.3 is 6.18 Å². The van der Waals surface area contributed by atoms with E-state index in [0.717, 1.165) is 12.1 Å². The molecule has 1 N–H and O–H groups in total. The molecule has 3 rings (SSSR count). The highest BCUT2D eigenvalue weighted by molar-refractivity contribution is 6.31. The lowest BCUT2D eigenvalue weighted by Gasteiger charge is -2.28. The number of aliphatic hydroxyl groups excluding tert-OH is 1. The topological polar surface area (TPSA) is 57.2 Å². The monoisotopic (exact) mass is 410 g/mol. The number of hydrogen-bond donors (Lipinski definition) is 1. The minimum absolute atomic E-state index is 0.0446. The molecule has 0 spiro atoms. The molecule has 0 unspecified atom stereocenters. The molecule has 0 bridgehead atoms. The lowest BCUT2D eigenvalue weighted by Crippen LogP contribution is -2.42. The third kappa shape index (κ3) is 4.41. The molecule has 1 aromatic carbocycles. The van der Waals surface area contributed by atoms with Crippen LogP contribution in [0.25, 0.3) is 0 Å². The molecule has 9 heteroatoms. The van der Waals surface area contributed by atoms with Gasteiger partial charge in [0.2, 0.25) is 0 Å². The van der Waals surface area contributed by atoms with E-state index < -0.39 is 48.2 Å². The van der Waals surface area contributed by atoms with Gasteiger partial charge in [0, 0.05) is 5.02 Å². The van der Waals surface area contributed by atoms with Gasteiger partial charge < -0.3 is 24.1 Å². The summed E-state index contributed by atoms with van der Waals surface area (Å²) in [6, 6.07) is 3.10. The average molecular weight is 411 g/mol. The maximum Gasteiger partial charge on any atom is 0.416 e. The minimum atomic E-state index is -4.47. The van der Waals surface area contributed by atoms with E-state index in [2.05, 4.69) is 0 Å². The van der Waals surface area contributed by atoms with Crippen molar-refractivity contribution in [3.05, 3.63) is 34.3 Å². The van der Waals surface area contributed by atoms with Crippen LogP contribution in [0.4, 0.5) is 13.2 Å². The van der Waals surface area contributed by atoms with Crippen molar-refractivity contribution in [2.45, 2.75) is 76.5 Å². The van der Waals surface area contributed by atoms with Gasteiger partial charge in [0.1, 0.15) is 18.3 Å². The van der Waals surface area contributed by atoms with Crippen molar-refractivity contribution in [1.82, 2.24) is 0 Å². The van der Waals surface area contributed by atoms with Gasteiger partial charge in [-0.3, -0.25) is 0 Å². The van der Waals surface area contributed by atoms with Crippen molar-refractivity contribution < 1.29 is 37.2 Å². The van der Waals surface area contributed by atoms with Crippen molar-refractivity contribution in [3.63, 3.8) is 0 Å². The highest BCUT2D eigenvalue weighted by Gasteiger charge is 2.56. The summed E-state index contributed by atoms with van der Waals surface area (Å²) in [4.78, 5) is 0. The van der Waals surface area contributed by atoms with Crippen molar-refractivity contribution in [2.75, 3.05) is 0 Å². The molecule has 5 nitrogen and oxygen atoms in total. The van der Waals surface area contributed by atoms with Crippen LogP contribution < -0.4 is 0 Å². The Morgan fingerprint density at radius 3 is 2.59 bits per heavy atom. The maximum absolute atomic E-state index is 12.8. The Morgan fingerprint density at radius 1 is 1.30 bits per heavy atom. The highest BCUT2D eigenvalue weighted by Crippen LogP contribution is 2.40. The van der Waals surface area contributed by atoms with Crippen LogP contribution in [-0.2, 0) is 31.7 Å². The third-order valence-corrected chi connectivity index (χ3v) is 4.99. The first kappa shape index (κ1) is 20.8. The fourth-order valence-corrected chi connectivity index (χ4v) is 3.50. The summed E-state index contributed by atoms with van der Waals surface area (Å²) in [5.41, 5.74) is -0.426. The van der Waals surface area contributed by atoms with Crippen molar-refractivity contribution in [2.24, 2.45) is 0 Å². The summed E-state index contributed by atoms with van der Waals surface area (Å²) >= 11 is 5.99. The number of benzene rings is 1. The van der Waals surface area contributed by atoms with Crippen LogP contribution in [0.3, 0.4) is 0 Å². The predicted molar refractivity (Wildman–Crippen MR) is 90.0 cm³/mol. The number of hydrogen-bond acceptors (Lipinski definition) is 5. The van der Waals surface area contributed by atoms with Gasteiger partial charge in [-0.05, 0) is 38.0 Å². The third-order valence-electron chi connectivity index (χ3n) is 4.64. The first-order valence-corrected chi connectivity index (χ1v) is 9.06. The number of rotatable bonds is 5. The number of aliphatic hydroxyl groups is 1. The van der Waals surface area contributed by atoms with E-state index in [0.29, 0.717) is 12.0 Å². The van der Waals surface area contributed by atoms with Crippen molar-refractivity contribution >= 4 is 11.6 Å². The normalized spacial score (nSPS) is 31.1. The number of halogens is 4. The molecule has 0 aromatic heterocycles. The van der Waals surface area contributed by atoms with Crippen LogP contribution in [0.15, 0.2) is 18.2 Å². The predicted octanol–water partition coefficient (Wildman–Crippen LogP) is 3.89. The van der Waals surface area contributed by atoms with Gasteiger partial charge in [0.05, 0.1) is 18.3 Å². The van der Waals surface area contributed by atoms with Crippen LogP contribution in [0.5, 0.6) is 0 Å². The summed E-state index contributed by atoms with van der Waals surface area (Å²) in [7, 11) is 0. The molecule has 2 saturated heterocycles. The van der Waals surface area contributed by atoms with E-state index in [4.69, 9.17) is 30.5 Å². The zero-order valence-electron chi connectivity index (χ0n) is 15.1. The van der Waals surface area contributed by atoms with Gasteiger partial charge in [-0.25, -0.2) is 0 Å². The summed E-state index contributed by atoms with van der Waals surface area (Å²) in [5, 5.41) is 10.2. The Kier molecular flexibility index (Phi) is 5.78. The standard InChI is InChI=1S/C18H22ClF3O5/c1-4-12(23)13-14(15-16(25-13)27-17(2,3)26-15)24-8-9-5-6-10(7-11(9)19)18(20,21)22/h5-7,12-16,23H,4,8H2,1-3H3/t12-,13-,14+,15-,16-/m1/s1. The van der Waals surface area contributed by atoms with Gasteiger partial charge in [0.15, 0.2) is 12.1 Å². The molecule has 0 saturated carbocycles. The molecule has 2 aliphatic rings. The van der Waals surface area contributed by atoms with E-state index in [1.165, 1.54) is 6.07 Å². The highest BCUT2D eigenvalue weighted by atomic mass is 35.5. The van der Waals surface area contributed by atoms with Crippen LogP contribution in [0.1, 0.15) is 38.3 Å². The summed E-state index contributed by atoms with van der Waals surface area (Å²) in [6.45, 7) is 5.23. The Hall–Kier alpha value is -0.900. The fourth-order valence-electron chi connectivity index (χ4n) is 3.26. The maximum atomic E-state index is 12.8. The van der Waals surface area contributed by atoms with E-state index in [1.807, 2.05) is 0 Å². The molecule has 2 fully saturated rings. The summed E-state index contributed by atoms with van der Waals surface area (Å²) in [5.74, 6) is -0.856. The minimum Gasteiger partial charge on any atom is -0.390 e. The molecule has 27 heavy (non-hydrogen) atoms. The van der Waals surface area contributed by atoms with Gasteiger partial charge in [0.25, 0.3) is 0 Å². The second-order valence-corrected chi connectivity index (χ2v) is 7.53. The molecule has 2 heterocycles. The van der Waals surface area contributed by atoms with E-state index in [1.54, 1.807) is 20.8 Å². The van der Waals surface area contributed by atoms with Gasteiger partial charge in [-0.15, -0.1) is 0 Å². The zero-order valence-corrected chi connectivity index (χ0v) is 15.9. The molecule has 0 radical (unpaired) electrons. The Morgan fingerprint density at radius 2 is 2.00 bits per heavy atom. The lowest BCUT2D eigenvalue weighted by molar-refractivity contribution is -0.230. The quantitative estimate of drug-likeness (QED) is 0.798. The second-order valence-electron chi connectivity index (χ2n) is 7.12. The molecule has 2 aliphatic heterocycles. The first-order valence-electron chi connectivity index (χ1n) is 8.68. The van der Waals surface area contributed by atoms with E-state index >= 15 is 0 Å². The lowest BCUT2D eigenvalue weighted by atomic mass is 10.0. The SMILES string of the molecule is CC[C@@H](O)[C@H]1O[C@@H]2OC(C)(C)O[C@@H]2[C@H]1OCc1ccc(C(F)(F)F)cc1Cl. The molecule has 0 aliphatic carbocycles. The summed E-state index contributed by atoms with van der Waals surface area (Å²) in [6.07, 6.45) is -7.38. The van der Waals surface area contributed by atoms with Gasteiger partial charge in [-0.2, -0.15) is 13.2 Å². The fraction of sp³-hybridized carbons (Fsp3) is 0.667. The number of alkyl halides is 3. The van der Waals surface area contributed by atoms with Crippen LogP contribution in [-0.4, -0.2) is 41.6 Å². The Bertz CT molecular complexity index is 681. The largest absolute Gasteiger partial charge is 0.416 e. The molecule has 152 valence electrons. The molecular weight excluding hydrogens is 389 g/mol. The van der Waals surface area contributed by atoms with Crippen LogP contribution in [0.2, 0.25) is 5.02 Å². The van der Waals surface area contributed by atoms with Crippen LogP contribution >= 0.6 is 11.6 Å². The van der Waals surface area contributed by atoms with Crippen molar-refractivity contribution in [1.29, 1.82) is 0 Å². The van der Waals surface area contributed by atoms with Gasteiger partial charge in [-0.1, -0.05) is 24.6 Å². The molecule has 0 amide bonds. The average Bonchev–Trinajstić information content (AvgIpc) is 3.04. The smallest absolute Gasteiger partial charge is 0.390 e. The van der Waals surface area contributed by atoms with Crippen molar-refractivity contribution in [3.8, 4) is 0 Å². The van der Waals surface area contributed by atoms with E-state index in [-0.39, 0.29) is 11.6 Å². The number of fused-ring (bicyclic) bond motifs is 1. The molecular formula is C18H22ClF3O5. The Balaban J connectivity index is 1.74. The van der Waals surface area contributed by atoms with Crippen LogP contribution in [0, 0.1) is 0 Å². The molecule has 5 atom stereocenters. The first-order chi connectivity index (χ1) is 12.5. The summed E-state index contributed by atoms with van der Waals surface area (Å²) < 4.78 is 61.4. The number of ether oxygens (including phenoxy) is 4. The second kappa shape index (κ2) is 7.50. The Labute approximate surface area is 160 Å².